The van der Waals surface area contributed by atoms with Gasteiger partial charge in [0.2, 0.25) is 0 Å². The van der Waals surface area contributed by atoms with Crippen molar-refractivity contribution in [2.45, 2.75) is 51.4 Å². The second kappa shape index (κ2) is 10.4. The molecule has 0 radical (unpaired) electrons. The van der Waals surface area contributed by atoms with Crippen LogP contribution in [0.1, 0.15) is 38.3 Å². The van der Waals surface area contributed by atoms with Gasteiger partial charge in [-0.2, -0.15) is 0 Å². The van der Waals surface area contributed by atoms with Crippen molar-refractivity contribution in [1.82, 2.24) is 4.57 Å². The summed E-state index contributed by atoms with van der Waals surface area (Å²) in [7, 11) is 1.17. The first kappa shape index (κ1) is 25.5. The Balaban J connectivity index is 1.93. The SMILES string of the molecule is [C-]#[N+]C(CC(=O)OCc1ccccc1)(Cc1cn(C(=O)OC(C)(C)C)c2ccccc12)C(=O)OC. The van der Waals surface area contributed by atoms with Crippen molar-refractivity contribution in [2.24, 2.45) is 0 Å². The molecule has 8 nitrogen and oxygen atoms in total. The second-order valence-corrected chi connectivity index (χ2v) is 9.16. The maximum Gasteiger partial charge on any atom is 0.419 e. The zero-order valence-corrected chi connectivity index (χ0v) is 20.2. The minimum absolute atomic E-state index is 0.0207. The van der Waals surface area contributed by atoms with Gasteiger partial charge in [-0.05, 0) is 38.0 Å². The molecule has 8 heteroatoms. The highest BCUT2D eigenvalue weighted by Gasteiger charge is 2.50. The lowest BCUT2D eigenvalue weighted by molar-refractivity contribution is -0.154. The number of para-hydroxylation sites is 1. The number of ether oxygens (including phenoxy) is 3. The van der Waals surface area contributed by atoms with Crippen LogP contribution in [-0.2, 0) is 36.8 Å². The van der Waals surface area contributed by atoms with Crippen molar-refractivity contribution in [3.63, 3.8) is 0 Å². The molecule has 3 aromatic rings. The van der Waals surface area contributed by atoms with Crippen LogP contribution in [0.2, 0.25) is 0 Å². The summed E-state index contributed by atoms with van der Waals surface area (Å²) in [5.41, 5.74) is -0.688. The van der Waals surface area contributed by atoms with Gasteiger partial charge in [-0.15, -0.1) is 0 Å². The number of aromatic nitrogens is 1. The van der Waals surface area contributed by atoms with Gasteiger partial charge in [0, 0.05) is 11.6 Å². The first-order chi connectivity index (χ1) is 16.6. The molecule has 1 unspecified atom stereocenters. The third kappa shape index (κ3) is 6.07. The predicted molar refractivity (Wildman–Crippen MR) is 129 cm³/mol. The molecule has 0 amide bonds. The summed E-state index contributed by atoms with van der Waals surface area (Å²) in [6.45, 7) is 13.1. The van der Waals surface area contributed by atoms with E-state index in [1.165, 1.54) is 17.9 Å². The zero-order valence-electron chi connectivity index (χ0n) is 20.2. The minimum Gasteiger partial charge on any atom is -0.463 e. The maximum atomic E-state index is 12.8. The van der Waals surface area contributed by atoms with Gasteiger partial charge in [-0.25, -0.2) is 16.2 Å². The highest BCUT2D eigenvalue weighted by molar-refractivity contribution is 5.94. The predicted octanol–water partition coefficient (Wildman–Crippen LogP) is 4.93. The van der Waals surface area contributed by atoms with E-state index in [1.807, 2.05) is 18.2 Å². The van der Waals surface area contributed by atoms with Gasteiger partial charge < -0.3 is 14.2 Å². The number of carbonyl (C=O) groups is 3. The molecule has 0 aliphatic rings. The Morgan fingerprint density at radius 1 is 1.00 bits per heavy atom. The summed E-state index contributed by atoms with van der Waals surface area (Å²) in [4.78, 5) is 41.9. The lowest BCUT2D eigenvalue weighted by Crippen LogP contribution is -2.41. The highest BCUT2D eigenvalue weighted by atomic mass is 16.6. The maximum absolute atomic E-state index is 12.8. The molecule has 182 valence electrons. The molecule has 0 saturated heterocycles. The smallest absolute Gasteiger partial charge is 0.419 e. The van der Waals surface area contributed by atoms with Crippen molar-refractivity contribution < 1.29 is 28.6 Å². The lowest BCUT2D eigenvalue weighted by Gasteiger charge is -2.20. The molecule has 0 aliphatic heterocycles. The third-order valence-electron chi connectivity index (χ3n) is 5.33. The summed E-state index contributed by atoms with van der Waals surface area (Å²) in [6.07, 6.45) is 0.299. The van der Waals surface area contributed by atoms with Gasteiger partial charge in [-0.3, -0.25) is 14.2 Å². The molecule has 1 heterocycles. The average molecular weight is 477 g/mol. The highest BCUT2D eigenvalue weighted by Crippen LogP contribution is 2.31. The molecule has 0 saturated carbocycles. The molecular weight excluding hydrogens is 448 g/mol. The van der Waals surface area contributed by atoms with Gasteiger partial charge in [0.05, 0.1) is 19.0 Å². The van der Waals surface area contributed by atoms with Crippen molar-refractivity contribution in [3.05, 3.63) is 83.3 Å². The molecule has 2 aromatic carbocycles. The molecule has 1 atom stereocenters. The summed E-state index contributed by atoms with van der Waals surface area (Å²) in [6, 6.07) is 16.2. The summed E-state index contributed by atoms with van der Waals surface area (Å²) in [5, 5.41) is 0.660. The Labute approximate surface area is 204 Å². The van der Waals surface area contributed by atoms with Crippen LogP contribution in [0.25, 0.3) is 15.7 Å². The number of fused-ring (bicyclic) bond motifs is 1. The topological polar surface area (TPSA) is 88.2 Å². The van der Waals surface area contributed by atoms with Gasteiger partial charge >= 0.3 is 23.6 Å². The van der Waals surface area contributed by atoms with E-state index >= 15 is 0 Å². The number of nitrogens with zero attached hydrogens (tertiary/aromatic N) is 2. The Kier molecular flexibility index (Phi) is 7.60. The molecule has 3 rings (SSSR count). The van der Waals surface area contributed by atoms with Crippen LogP contribution in [0.3, 0.4) is 0 Å². The minimum atomic E-state index is -1.86. The molecule has 0 bridgehead atoms. The van der Waals surface area contributed by atoms with E-state index in [9.17, 15) is 14.4 Å². The first-order valence-electron chi connectivity index (χ1n) is 11.1. The Bertz CT molecular complexity index is 1270. The quantitative estimate of drug-likeness (QED) is 0.273. The monoisotopic (exact) mass is 476 g/mol. The van der Waals surface area contributed by atoms with E-state index in [0.717, 1.165) is 5.56 Å². The Morgan fingerprint density at radius 3 is 2.29 bits per heavy atom. The number of methoxy groups -OCH3 is 1. The van der Waals surface area contributed by atoms with E-state index in [-0.39, 0.29) is 13.0 Å². The number of hydrogen-bond acceptors (Lipinski definition) is 6. The fourth-order valence-electron chi connectivity index (χ4n) is 3.72. The Morgan fingerprint density at radius 2 is 1.66 bits per heavy atom. The lowest BCUT2D eigenvalue weighted by atomic mass is 9.88. The summed E-state index contributed by atoms with van der Waals surface area (Å²) in [5.74, 6) is -1.55. The van der Waals surface area contributed by atoms with Crippen molar-refractivity contribution in [2.75, 3.05) is 7.11 Å². The molecule has 35 heavy (non-hydrogen) atoms. The van der Waals surface area contributed by atoms with E-state index in [1.54, 1.807) is 57.2 Å². The fourth-order valence-corrected chi connectivity index (χ4v) is 3.72. The number of hydrogen-bond donors (Lipinski definition) is 0. The van der Waals surface area contributed by atoms with Crippen LogP contribution in [0.15, 0.2) is 60.8 Å². The largest absolute Gasteiger partial charge is 0.463 e. The van der Waals surface area contributed by atoms with Gasteiger partial charge in [0.15, 0.2) is 0 Å². The van der Waals surface area contributed by atoms with E-state index < -0.39 is 35.6 Å². The second-order valence-electron chi connectivity index (χ2n) is 9.16. The van der Waals surface area contributed by atoms with Crippen LogP contribution in [0.4, 0.5) is 4.79 Å². The number of rotatable bonds is 7. The van der Waals surface area contributed by atoms with Crippen molar-refractivity contribution in [1.29, 1.82) is 0 Å². The van der Waals surface area contributed by atoms with Gasteiger partial charge in [0.1, 0.15) is 18.6 Å². The number of esters is 2. The molecule has 1 aromatic heterocycles. The van der Waals surface area contributed by atoms with Crippen LogP contribution < -0.4 is 0 Å². The molecule has 0 fully saturated rings. The van der Waals surface area contributed by atoms with Crippen LogP contribution in [0, 0.1) is 6.57 Å². The van der Waals surface area contributed by atoms with Gasteiger partial charge in [0.25, 0.3) is 0 Å². The molecule has 0 spiro atoms. The van der Waals surface area contributed by atoms with Crippen LogP contribution in [0.5, 0.6) is 0 Å². The summed E-state index contributed by atoms with van der Waals surface area (Å²) < 4.78 is 17.1. The van der Waals surface area contributed by atoms with Crippen molar-refractivity contribution in [3.8, 4) is 0 Å². The Hall–Kier alpha value is -4.12. The normalized spacial score (nSPS) is 12.9. The van der Waals surface area contributed by atoms with Crippen LogP contribution in [-0.4, -0.2) is 40.8 Å². The van der Waals surface area contributed by atoms with E-state index in [2.05, 4.69) is 4.85 Å². The van der Waals surface area contributed by atoms with Crippen LogP contribution >= 0.6 is 0 Å². The summed E-state index contributed by atoms with van der Waals surface area (Å²) >= 11 is 0. The van der Waals surface area contributed by atoms with Crippen molar-refractivity contribution >= 4 is 28.9 Å². The number of benzene rings is 2. The zero-order chi connectivity index (χ0) is 25.6. The fraction of sp³-hybridized carbons (Fsp3) is 0.333. The first-order valence-corrected chi connectivity index (χ1v) is 11.1. The average Bonchev–Trinajstić information content (AvgIpc) is 3.20. The van der Waals surface area contributed by atoms with E-state index in [4.69, 9.17) is 20.8 Å². The molecule has 0 aliphatic carbocycles. The standard InChI is InChI=1S/C27H28N2O6/c1-26(2,3)35-25(32)29-17-20(21-13-9-10-14-22(21)29)15-27(28-4,24(31)33-5)16-23(30)34-18-19-11-7-6-8-12-19/h6-14,17H,15-16,18H2,1-3,5H3. The number of carbonyl (C=O) groups excluding carboxylic acids is 3. The third-order valence-corrected chi connectivity index (χ3v) is 5.33. The molecule has 0 N–H and O–H groups in total. The van der Waals surface area contributed by atoms with Gasteiger partial charge in [-0.1, -0.05) is 48.5 Å². The van der Waals surface area contributed by atoms with E-state index in [0.29, 0.717) is 16.5 Å². The molecular formula is C27H28N2O6.